The molecule has 4 nitrogen and oxygen atoms in total. The maximum absolute atomic E-state index is 13.0. The number of aryl methyl sites for hydroxylation is 1. The Morgan fingerprint density at radius 2 is 1.93 bits per heavy atom. The molecular weight excluding hydrogens is 372 g/mol. The second-order valence-corrected chi connectivity index (χ2v) is 8.37. The van der Waals surface area contributed by atoms with Crippen LogP contribution in [0, 0.1) is 6.92 Å². The van der Waals surface area contributed by atoms with Crippen LogP contribution in [0.5, 0.6) is 0 Å². The van der Waals surface area contributed by atoms with Gasteiger partial charge in [-0.2, -0.15) is 0 Å². The topological polar surface area (TPSA) is 32.8 Å². The van der Waals surface area contributed by atoms with Crippen molar-refractivity contribution in [2.75, 3.05) is 31.1 Å². The summed E-state index contributed by atoms with van der Waals surface area (Å²) in [6.45, 7) is 8.45. The number of carbonyl (C=O) groups excluding carboxylic acids is 1. The summed E-state index contributed by atoms with van der Waals surface area (Å²) in [5, 5.41) is 0.621. The number of fused-ring (bicyclic) bond motifs is 2. The lowest BCUT2D eigenvalue weighted by molar-refractivity contribution is 0.141. The molecule has 4 rings (SSSR count). The second kappa shape index (κ2) is 7.76. The van der Waals surface area contributed by atoms with Crippen molar-refractivity contribution in [2.24, 2.45) is 0 Å². The van der Waals surface area contributed by atoms with E-state index in [4.69, 9.17) is 16.3 Å². The molecule has 0 aliphatic carbocycles. The van der Waals surface area contributed by atoms with E-state index >= 15 is 0 Å². The van der Waals surface area contributed by atoms with Gasteiger partial charge in [-0.05, 0) is 57.1 Å². The van der Waals surface area contributed by atoms with Gasteiger partial charge >= 0.3 is 6.09 Å². The van der Waals surface area contributed by atoms with Crippen LogP contribution >= 0.6 is 11.6 Å². The molecule has 2 aromatic rings. The lowest BCUT2D eigenvalue weighted by Crippen LogP contribution is -2.46. The van der Waals surface area contributed by atoms with Gasteiger partial charge < -0.3 is 9.64 Å². The number of amides is 1. The van der Waals surface area contributed by atoms with E-state index < -0.39 is 0 Å². The van der Waals surface area contributed by atoms with Gasteiger partial charge in [0, 0.05) is 22.5 Å². The summed E-state index contributed by atoms with van der Waals surface area (Å²) in [6.07, 6.45) is 1.86. The molecule has 0 N–H and O–H groups in total. The highest BCUT2D eigenvalue weighted by Gasteiger charge is 2.46. The molecule has 0 atom stereocenters. The molecule has 148 valence electrons. The fourth-order valence-electron chi connectivity index (χ4n) is 4.50. The van der Waals surface area contributed by atoms with Crippen molar-refractivity contribution >= 4 is 23.4 Å². The summed E-state index contributed by atoms with van der Waals surface area (Å²) >= 11 is 6.20. The molecule has 2 aromatic carbocycles. The van der Waals surface area contributed by atoms with Gasteiger partial charge in [0.25, 0.3) is 0 Å². The molecule has 1 saturated heterocycles. The number of ether oxygens (including phenoxy) is 1. The second-order valence-electron chi connectivity index (χ2n) is 7.97. The number of nitrogens with zero attached hydrogens (tertiary/aromatic N) is 2. The SMILES string of the molecule is CCN1CCC2(CC1)CN(C(=O)OCc1ccccc1Cl)c1ccc(C)cc12. The van der Waals surface area contributed by atoms with Gasteiger partial charge in [0.1, 0.15) is 6.61 Å². The third kappa shape index (κ3) is 3.51. The zero-order valence-corrected chi connectivity index (χ0v) is 17.3. The fraction of sp³-hybridized carbons (Fsp3) is 0.435. The Morgan fingerprint density at radius 1 is 1.18 bits per heavy atom. The van der Waals surface area contributed by atoms with Crippen molar-refractivity contribution in [1.82, 2.24) is 4.90 Å². The molecule has 0 bridgehead atoms. The molecule has 1 fully saturated rings. The Balaban J connectivity index is 1.55. The Labute approximate surface area is 172 Å². The first-order valence-corrected chi connectivity index (χ1v) is 10.4. The Morgan fingerprint density at radius 3 is 2.64 bits per heavy atom. The number of carbonyl (C=O) groups is 1. The van der Waals surface area contributed by atoms with E-state index in [0.717, 1.165) is 43.7 Å². The van der Waals surface area contributed by atoms with E-state index in [9.17, 15) is 4.79 Å². The summed E-state index contributed by atoms with van der Waals surface area (Å²) in [4.78, 5) is 17.3. The minimum atomic E-state index is -0.292. The number of rotatable bonds is 3. The van der Waals surface area contributed by atoms with Gasteiger partial charge in [-0.3, -0.25) is 4.90 Å². The fourth-order valence-corrected chi connectivity index (χ4v) is 4.69. The molecule has 5 heteroatoms. The van der Waals surface area contributed by atoms with Crippen LogP contribution in [0.2, 0.25) is 5.02 Å². The molecule has 0 unspecified atom stereocenters. The van der Waals surface area contributed by atoms with E-state index in [1.165, 1.54) is 11.1 Å². The molecule has 0 aromatic heterocycles. The Hall–Kier alpha value is -2.04. The third-order valence-electron chi connectivity index (χ3n) is 6.26. The molecular formula is C23H27ClN2O2. The monoisotopic (exact) mass is 398 g/mol. The van der Waals surface area contributed by atoms with Crippen molar-refractivity contribution in [3.8, 4) is 0 Å². The van der Waals surface area contributed by atoms with Gasteiger partial charge in [0.05, 0.1) is 5.69 Å². The third-order valence-corrected chi connectivity index (χ3v) is 6.63. The van der Waals surface area contributed by atoms with E-state index in [2.05, 4.69) is 36.9 Å². The van der Waals surface area contributed by atoms with E-state index in [1.807, 2.05) is 29.2 Å². The van der Waals surface area contributed by atoms with Crippen LogP contribution < -0.4 is 4.90 Å². The van der Waals surface area contributed by atoms with Gasteiger partial charge in [-0.25, -0.2) is 4.79 Å². The maximum atomic E-state index is 13.0. The summed E-state index contributed by atoms with van der Waals surface area (Å²) in [7, 11) is 0. The molecule has 0 radical (unpaired) electrons. The first-order valence-electron chi connectivity index (χ1n) is 10.0. The highest BCUT2D eigenvalue weighted by Crippen LogP contribution is 2.47. The molecule has 0 saturated carbocycles. The lowest BCUT2D eigenvalue weighted by atomic mass is 9.74. The number of benzene rings is 2. The number of hydrogen-bond acceptors (Lipinski definition) is 3. The van der Waals surface area contributed by atoms with Gasteiger partial charge in [0.2, 0.25) is 0 Å². The van der Waals surface area contributed by atoms with Gasteiger partial charge in [-0.15, -0.1) is 0 Å². The molecule has 2 heterocycles. The van der Waals surface area contributed by atoms with Gasteiger partial charge in [-0.1, -0.05) is 54.4 Å². The highest BCUT2D eigenvalue weighted by atomic mass is 35.5. The highest BCUT2D eigenvalue weighted by molar-refractivity contribution is 6.31. The lowest BCUT2D eigenvalue weighted by Gasteiger charge is -2.39. The van der Waals surface area contributed by atoms with E-state index in [0.29, 0.717) is 11.6 Å². The number of hydrogen-bond donors (Lipinski definition) is 0. The Kier molecular flexibility index (Phi) is 5.35. The van der Waals surface area contributed by atoms with E-state index in [1.54, 1.807) is 0 Å². The molecule has 2 aliphatic rings. The van der Waals surface area contributed by atoms with Crippen LogP contribution in [-0.2, 0) is 16.8 Å². The van der Waals surface area contributed by atoms with Crippen LogP contribution in [0.3, 0.4) is 0 Å². The van der Waals surface area contributed by atoms with Crippen molar-refractivity contribution in [3.63, 3.8) is 0 Å². The smallest absolute Gasteiger partial charge is 0.414 e. The zero-order chi connectivity index (χ0) is 19.7. The summed E-state index contributed by atoms with van der Waals surface area (Å²) < 4.78 is 5.65. The molecule has 2 aliphatic heterocycles. The summed E-state index contributed by atoms with van der Waals surface area (Å²) in [6, 6.07) is 13.9. The molecule has 1 amide bonds. The minimum absolute atomic E-state index is 0.0381. The normalized spacial score (nSPS) is 18.3. The summed E-state index contributed by atoms with van der Waals surface area (Å²) in [5.41, 5.74) is 4.41. The largest absolute Gasteiger partial charge is 0.444 e. The standard InChI is InChI=1S/C23H27ClN2O2/c1-3-25-12-10-23(11-13-25)16-26(21-9-8-17(2)14-19(21)23)22(27)28-15-18-6-4-5-7-20(18)24/h4-9,14H,3,10-13,15-16H2,1-2H3. The molecule has 1 spiro atoms. The van der Waals surface area contributed by atoms with E-state index in [-0.39, 0.29) is 18.1 Å². The number of piperidine rings is 1. The predicted octanol–water partition coefficient (Wildman–Crippen LogP) is 5.16. The minimum Gasteiger partial charge on any atom is -0.444 e. The number of likely N-dealkylation sites (tertiary alicyclic amines) is 1. The van der Waals surface area contributed by atoms with Crippen molar-refractivity contribution < 1.29 is 9.53 Å². The summed E-state index contributed by atoms with van der Waals surface area (Å²) in [5.74, 6) is 0. The van der Waals surface area contributed by atoms with Crippen molar-refractivity contribution in [1.29, 1.82) is 0 Å². The first kappa shape index (κ1) is 19.3. The van der Waals surface area contributed by atoms with Crippen LogP contribution in [-0.4, -0.2) is 37.2 Å². The zero-order valence-electron chi connectivity index (χ0n) is 16.6. The van der Waals surface area contributed by atoms with Crippen LogP contribution in [0.1, 0.15) is 36.5 Å². The first-order chi connectivity index (χ1) is 13.5. The quantitative estimate of drug-likeness (QED) is 0.716. The average Bonchev–Trinajstić information content (AvgIpc) is 3.01. The molecule has 28 heavy (non-hydrogen) atoms. The predicted molar refractivity (Wildman–Crippen MR) is 113 cm³/mol. The van der Waals surface area contributed by atoms with Crippen LogP contribution in [0.15, 0.2) is 42.5 Å². The van der Waals surface area contributed by atoms with Crippen molar-refractivity contribution in [2.45, 2.75) is 38.7 Å². The van der Waals surface area contributed by atoms with Crippen LogP contribution in [0.25, 0.3) is 0 Å². The number of halogens is 1. The Bertz CT molecular complexity index is 875. The number of anilines is 1. The van der Waals surface area contributed by atoms with Crippen LogP contribution in [0.4, 0.5) is 10.5 Å². The van der Waals surface area contributed by atoms with Crippen molar-refractivity contribution in [3.05, 3.63) is 64.2 Å². The van der Waals surface area contributed by atoms with Gasteiger partial charge in [0.15, 0.2) is 0 Å². The average molecular weight is 399 g/mol. The maximum Gasteiger partial charge on any atom is 0.414 e.